The monoisotopic (exact) mass is 351 g/mol. The summed E-state index contributed by atoms with van der Waals surface area (Å²) in [7, 11) is 0. The van der Waals surface area contributed by atoms with Crippen molar-refractivity contribution in [2.24, 2.45) is 0 Å². The second kappa shape index (κ2) is 6.38. The maximum absolute atomic E-state index is 12.8. The van der Waals surface area contributed by atoms with Gasteiger partial charge in [-0.15, -0.1) is 11.3 Å². The van der Waals surface area contributed by atoms with E-state index >= 15 is 0 Å². The molecule has 3 aromatic rings. The van der Waals surface area contributed by atoms with E-state index in [1.165, 1.54) is 35.0 Å². The first kappa shape index (κ1) is 15.9. The summed E-state index contributed by atoms with van der Waals surface area (Å²) in [5.74, 6) is 0.0495. The minimum Gasteiger partial charge on any atom is -0.383 e. The Kier molecular flexibility index (Phi) is 4.07. The second-order valence-electron chi connectivity index (χ2n) is 5.97. The van der Waals surface area contributed by atoms with Crippen molar-refractivity contribution in [2.45, 2.75) is 19.4 Å². The molecule has 4 rings (SSSR count). The van der Waals surface area contributed by atoms with Gasteiger partial charge in [0.15, 0.2) is 0 Å². The van der Waals surface area contributed by atoms with Gasteiger partial charge >= 0.3 is 0 Å². The zero-order valence-corrected chi connectivity index (χ0v) is 14.5. The number of carbonyl (C=O) groups excluding carboxylic acids is 1. The van der Waals surface area contributed by atoms with Gasteiger partial charge in [-0.2, -0.15) is 0 Å². The highest BCUT2D eigenvalue weighted by Crippen LogP contribution is 2.38. The van der Waals surface area contributed by atoms with E-state index in [0.717, 1.165) is 16.9 Å². The van der Waals surface area contributed by atoms with E-state index in [2.05, 4.69) is 28.2 Å². The average molecular weight is 351 g/mol. The minimum atomic E-state index is -0.151. The summed E-state index contributed by atoms with van der Waals surface area (Å²) in [6.45, 7) is 2.70. The van der Waals surface area contributed by atoms with Crippen LogP contribution in [0.3, 0.4) is 0 Å². The van der Waals surface area contributed by atoms with Crippen LogP contribution in [0.1, 0.15) is 42.9 Å². The first-order valence-electron chi connectivity index (χ1n) is 8.05. The highest BCUT2D eigenvalue weighted by Gasteiger charge is 2.27. The molecule has 0 spiro atoms. The summed E-state index contributed by atoms with van der Waals surface area (Å²) < 4.78 is 6.04. The number of ketones is 1. The van der Waals surface area contributed by atoms with Crippen LogP contribution < -0.4 is 5.73 Å². The number of hydrogen-bond donors (Lipinski definition) is 1. The standard InChI is InChI=1S/C19H17N3O2S/c1-11-14(18-13-5-3-2-4-12(13)6-7-24-18)8-16(25-11)17(23)15-9-21-10-22-19(15)20/h2-5,8-10,18H,6-7H2,1H3,(H2,20,21,22)/t18-/m1/s1. The molecule has 1 atom stereocenters. The first-order valence-corrected chi connectivity index (χ1v) is 8.86. The molecule has 0 saturated carbocycles. The summed E-state index contributed by atoms with van der Waals surface area (Å²) in [5, 5.41) is 0. The molecule has 2 N–H and O–H groups in total. The number of nitrogens with zero attached hydrogens (tertiary/aromatic N) is 2. The average Bonchev–Trinajstić information content (AvgIpc) is 3.02. The number of thiophene rings is 1. The number of fused-ring (bicyclic) bond motifs is 1. The van der Waals surface area contributed by atoms with Crippen molar-refractivity contribution in [3.8, 4) is 0 Å². The van der Waals surface area contributed by atoms with Gasteiger partial charge in [0.25, 0.3) is 0 Å². The van der Waals surface area contributed by atoms with Crippen molar-refractivity contribution < 1.29 is 9.53 Å². The Balaban J connectivity index is 1.73. The van der Waals surface area contributed by atoms with Gasteiger partial charge in [0.1, 0.15) is 18.2 Å². The summed E-state index contributed by atoms with van der Waals surface area (Å²) in [4.78, 5) is 22.3. The predicted molar refractivity (Wildman–Crippen MR) is 96.9 cm³/mol. The van der Waals surface area contributed by atoms with E-state index in [-0.39, 0.29) is 17.7 Å². The summed E-state index contributed by atoms with van der Waals surface area (Å²) in [5.41, 5.74) is 9.67. The van der Waals surface area contributed by atoms with Gasteiger partial charge in [-0.3, -0.25) is 4.79 Å². The zero-order chi connectivity index (χ0) is 17.4. The van der Waals surface area contributed by atoms with Crippen LogP contribution in [-0.2, 0) is 11.2 Å². The number of nitrogens with two attached hydrogens (primary N) is 1. The smallest absolute Gasteiger partial charge is 0.208 e. The molecule has 0 amide bonds. The zero-order valence-electron chi connectivity index (χ0n) is 13.7. The number of anilines is 1. The maximum Gasteiger partial charge on any atom is 0.208 e. The second-order valence-corrected chi connectivity index (χ2v) is 7.23. The summed E-state index contributed by atoms with van der Waals surface area (Å²) in [6, 6.07) is 10.2. The van der Waals surface area contributed by atoms with Crippen molar-refractivity contribution >= 4 is 22.9 Å². The number of benzene rings is 1. The van der Waals surface area contributed by atoms with Crippen LogP contribution in [0.15, 0.2) is 42.9 Å². The molecule has 1 aliphatic heterocycles. The fraction of sp³-hybridized carbons (Fsp3) is 0.211. The molecule has 3 heterocycles. The molecule has 0 radical (unpaired) electrons. The topological polar surface area (TPSA) is 78.1 Å². The molecule has 1 aliphatic rings. The third-order valence-electron chi connectivity index (χ3n) is 4.44. The minimum absolute atomic E-state index is 0.132. The Bertz CT molecular complexity index is 951. The number of ether oxygens (including phenoxy) is 1. The van der Waals surface area contributed by atoms with E-state index in [1.54, 1.807) is 0 Å². The van der Waals surface area contributed by atoms with Gasteiger partial charge in [-0.1, -0.05) is 24.3 Å². The number of nitrogen functional groups attached to an aromatic ring is 1. The Morgan fingerprint density at radius 1 is 1.32 bits per heavy atom. The van der Waals surface area contributed by atoms with E-state index in [9.17, 15) is 4.79 Å². The van der Waals surface area contributed by atoms with Crippen LogP contribution in [0.4, 0.5) is 5.82 Å². The SMILES string of the molecule is Cc1sc(C(=O)c2cncnc2N)cc1[C@@H]1OCCc2ccccc21. The lowest BCUT2D eigenvalue weighted by Gasteiger charge is -2.26. The number of carbonyl (C=O) groups is 1. The lowest BCUT2D eigenvalue weighted by Crippen LogP contribution is -2.17. The van der Waals surface area contributed by atoms with Crippen LogP contribution >= 0.6 is 11.3 Å². The van der Waals surface area contributed by atoms with Crippen LogP contribution in [-0.4, -0.2) is 22.4 Å². The Hall–Kier alpha value is -2.57. The molecule has 0 aliphatic carbocycles. The molecule has 0 saturated heterocycles. The quantitative estimate of drug-likeness (QED) is 0.732. The Morgan fingerprint density at radius 2 is 2.16 bits per heavy atom. The van der Waals surface area contributed by atoms with Crippen molar-refractivity contribution in [1.82, 2.24) is 9.97 Å². The molecular formula is C19H17N3O2S. The largest absolute Gasteiger partial charge is 0.383 e. The third kappa shape index (κ3) is 2.83. The number of hydrogen-bond acceptors (Lipinski definition) is 6. The van der Waals surface area contributed by atoms with Crippen molar-refractivity contribution in [3.05, 3.63) is 74.9 Å². The van der Waals surface area contributed by atoms with Crippen molar-refractivity contribution in [2.75, 3.05) is 12.3 Å². The third-order valence-corrected chi connectivity index (χ3v) is 5.51. The van der Waals surface area contributed by atoms with Gasteiger partial charge in [0, 0.05) is 11.1 Å². The normalized spacial score (nSPS) is 16.4. The van der Waals surface area contributed by atoms with Crippen LogP contribution in [0.5, 0.6) is 0 Å². The molecule has 0 fully saturated rings. The van der Waals surface area contributed by atoms with Gasteiger partial charge in [0.2, 0.25) is 5.78 Å². The first-order chi connectivity index (χ1) is 12.1. The molecule has 0 bridgehead atoms. The van der Waals surface area contributed by atoms with E-state index in [1.807, 2.05) is 19.1 Å². The fourth-order valence-corrected chi connectivity index (χ4v) is 4.17. The number of aromatic nitrogens is 2. The van der Waals surface area contributed by atoms with Gasteiger partial charge < -0.3 is 10.5 Å². The summed E-state index contributed by atoms with van der Waals surface area (Å²) in [6.07, 6.45) is 3.59. The van der Waals surface area contributed by atoms with Crippen molar-refractivity contribution in [1.29, 1.82) is 0 Å². The molecule has 2 aromatic heterocycles. The summed E-state index contributed by atoms with van der Waals surface area (Å²) >= 11 is 1.45. The van der Waals surface area contributed by atoms with E-state index in [4.69, 9.17) is 10.5 Å². The van der Waals surface area contributed by atoms with Crippen molar-refractivity contribution in [3.63, 3.8) is 0 Å². The van der Waals surface area contributed by atoms with Gasteiger partial charge in [-0.25, -0.2) is 9.97 Å². The van der Waals surface area contributed by atoms with Gasteiger partial charge in [0.05, 0.1) is 17.0 Å². The molecule has 1 aromatic carbocycles. The maximum atomic E-state index is 12.8. The molecule has 0 unspecified atom stereocenters. The predicted octanol–water partition coefficient (Wildman–Crippen LogP) is 3.32. The Labute approximate surface area is 149 Å². The molecular weight excluding hydrogens is 334 g/mol. The lowest BCUT2D eigenvalue weighted by molar-refractivity contribution is 0.0697. The highest BCUT2D eigenvalue weighted by atomic mass is 32.1. The lowest BCUT2D eigenvalue weighted by atomic mass is 9.93. The highest BCUT2D eigenvalue weighted by molar-refractivity contribution is 7.14. The van der Waals surface area contributed by atoms with Crippen LogP contribution in [0.25, 0.3) is 0 Å². The van der Waals surface area contributed by atoms with Gasteiger partial charge in [-0.05, 0) is 36.1 Å². The Morgan fingerprint density at radius 3 is 3.00 bits per heavy atom. The van der Waals surface area contributed by atoms with E-state index < -0.39 is 0 Å². The van der Waals surface area contributed by atoms with Crippen LogP contribution in [0.2, 0.25) is 0 Å². The van der Waals surface area contributed by atoms with E-state index in [0.29, 0.717) is 17.0 Å². The number of aryl methyl sites for hydroxylation is 1. The number of rotatable bonds is 3. The molecule has 5 nitrogen and oxygen atoms in total. The van der Waals surface area contributed by atoms with Crippen LogP contribution in [0, 0.1) is 6.92 Å². The molecule has 126 valence electrons. The molecule has 6 heteroatoms. The molecule has 25 heavy (non-hydrogen) atoms. The fourth-order valence-electron chi connectivity index (χ4n) is 3.17.